The Hall–Kier alpha value is -1.27. The van der Waals surface area contributed by atoms with Gasteiger partial charge in [-0.05, 0) is 12.1 Å². The average molecular weight is 258 g/mol. The SMILES string of the molecule is CS(=O)(=O)CCOc1ccc2c(c1)OCC2O. The van der Waals surface area contributed by atoms with E-state index in [-0.39, 0.29) is 19.0 Å². The van der Waals surface area contributed by atoms with Gasteiger partial charge in [0.25, 0.3) is 0 Å². The highest BCUT2D eigenvalue weighted by atomic mass is 32.2. The molecule has 5 nitrogen and oxygen atoms in total. The van der Waals surface area contributed by atoms with Gasteiger partial charge in [0.15, 0.2) is 9.84 Å². The summed E-state index contributed by atoms with van der Waals surface area (Å²) in [4.78, 5) is 0. The summed E-state index contributed by atoms with van der Waals surface area (Å²) in [5.41, 5.74) is 0.737. The molecule has 2 rings (SSSR count). The third-order valence-electron chi connectivity index (χ3n) is 2.46. The predicted molar refractivity (Wildman–Crippen MR) is 62.1 cm³/mol. The Balaban J connectivity index is 1.99. The van der Waals surface area contributed by atoms with Gasteiger partial charge in [0.2, 0.25) is 0 Å². The van der Waals surface area contributed by atoms with E-state index < -0.39 is 15.9 Å². The van der Waals surface area contributed by atoms with Crippen LogP contribution in [0.3, 0.4) is 0 Å². The zero-order valence-electron chi connectivity index (χ0n) is 9.42. The monoisotopic (exact) mass is 258 g/mol. The van der Waals surface area contributed by atoms with Crippen LogP contribution in [-0.4, -0.2) is 38.7 Å². The van der Waals surface area contributed by atoms with Crippen molar-refractivity contribution in [2.24, 2.45) is 0 Å². The maximum absolute atomic E-state index is 10.9. The molecule has 17 heavy (non-hydrogen) atoms. The van der Waals surface area contributed by atoms with Gasteiger partial charge in [0, 0.05) is 17.9 Å². The molecule has 0 bridgehead atoms. The van der Waals surface area contributed by atoms with E-state index in [1.54, 1.807) is 18.2 Å². The lowest BCUT2D eigenvalue weighted by atomic mass is 10.1. The summed E-state index contributed by atoms with van der Waals surface area (Å²) in [7, 11) is -3.01. The maximum atomic E-state index is 10.9. The van der Waals surface area contributed by atoms with E-state index in [0.717, 1.165) is 5.56 Å². The number of ether oxygens (including phenoxy) is 2. The molecule has 0 spiro atoms. The van der Waals surface area contributed by atoms with Gasteiger partial charge in [0.1, 0.15) is 30.8 Å². The van der Waals surface area contributed by atoms with Crippen molar-refractivity contribution in [2.45, 2.75) is 6.10 Å². The van der Waals surface area contributed by atoms with Gasteiger partial charge >= 0.3 is 0 Å². The molecule has 1 aromatic carbocycles. The van der Waals surface area contributed by atoms with Crippen LogP contribution in [0.4, 0.5) is 0 Å². The number of hydrogen-bond acceptors (Lipinski definition) is 5. The molecule has 0 aromatic heterocycles. The Morgan fingerprint density at radius 3 is 3.00 bits per heavy atom. The first-order valence-electron chi connectivity index (χ1n) is 5.21. The zero-order chi connectivity index (χ0) is 12.5. The molecule has 0 saturated heterocycles. The molecule has 1 aromatic rings. The van der Waals surface area contributed by atoms with E-state index in [2.05, 4.69) is 0 Å². The van der Waals surface area contributed by atoms with Crippen LogP contribution in [0.2, 0.25) is 0 Å². The second-order valence-corrected chi connectivity index (χ2v) is 6.26. The smallest absolute Gasteiger partial charge is 0.150 e. The van der Waals surface area contributed by atoms with Crippen LogP contribution in [0.15, 0.2) is 18.2 Å². The number of sulfone groups is 1. The maximum Gasteiger partial charge on any atom is 0.150 e. The lowest BCUT2D eigenvalue weighted by molar-refractivity contribution is 0.140. The largest absolute Gasteiger partial charge is 0.492 e. The summed E-state index contributed by atoms with van der Waals surface area (Å²) >= 11 is 0. The van der Waals surface area contributed by atoms with Gasteiger partial charge in [-0.25, -0.2) is 8.42 Å². The normalized spacial score (nSPS) is 18.6. The molecule has 1 unspecified atom stereocenters. The summed E-state index contributed by atoms with van der Waals surface area (Å²) in [5, 5.41) is 9.51. The Kier molecular flexibility index (Phi) is 3.26. The van der Waals surface area contributed by atoms with Crippen molar-refractivity contribution in [3.8, 4) is 11.5 Å². The fourth-order valence-corrected chi connectivity index (χ4v) is 1.96. The topological polar surface area (TPSA) is 72.8 Å². The van der Waals surface area contributed by atoms with Crippen LogP contribution in [-0.2, 0) is 9.84 Å². The van der Waals surface area contributed by atoms with E-state index in [0.29, 0.717) is 11.5 Å². The van der Waals surface area contributed by atoms with E-state index in [9.17, 15) is 13.5 Å². The van der Waals surface area contributed by atoms with Gasteiger partial charge in [-0.3, -0.25) is 0 Å². The van der Waals surface area contributed by atoms with Crippen molar-refractivity contribution >= 4 is 9.84 Å². The molecule has 1 heterocycles. The number of aliphatic hydroxyl groups excluding tert-OH is 1. The van der Waals surface area contributed by atoms with Gasteiger partial charge in [-0.15, -0.1) is 0 Å². The van der Waals surface area contributed by atoms with Crippen LogP contribution >= 0.6 is 0 Å². The molecule has 94 valence electrons. The van der Waals surface area contributed by atoms with E-state index in [1.165, 1.54) is 6.26 Å². The zero-order valence-corrected chi connectivity index (χ0v) is 10.2. The lowest BCUT2D eigenvalue weighted by Crippen LogP contribution is -2.12. The minimum Gasteiger partial charge on any atom is -0.492 e. The summed E-state index contributed by atoms with van der Waals surface area (Å²) < 4.78 is 32.4. The molecule has 1 aliphatic heterocycles. The lowest BCUT2D eigenvalue weighted by Gasteiger charge is -2.07. The van der Waals surface area contributed by atoms with Crippen molar-refractivity contribution in [1.82, 2.24) is 0 Å². The number of aliphatic hydroxyl groups is 1. The molecule has 0 radical (unpaired) electrons. The van der Waals surface area contributed by atoms with Crippen molar-refractivity contribution in [1.29, 1.82) is 0 Å². The van der Waals surface area contributed by atoms with Gasteiger partial charge in [-0.1, -0.05) is 0 Å². The molecule has 0 saturated carbocycles. The molecule has 1 atom stereocenters. The summed E-state index contributed by atoms with van der Waals surface area (Å²) in [6, 6.07) is 5.08. The molecule has 1 N–H and O–H groups in total. The molecular weight excluding hydrogens is 244 g/mol. The van der Waals surface area contributed by atoms with Gasteiger partial charge < -0.3 is 14.6 Å². The highest BCUT2D eigenvalue weighted by molar-refractivity contribution is 7.90. The molecule has 0 amide bonds. The third-order valence-corrected chi connectivity index (χ3v) is 3.37. The molecule has 0 fully saturated rings. The fourth-order valence-electron chi connectivity index (χ4n) is 1.57. The highest BCUT2D eigenvalue weighted by Crippen LogP contribution is 2.34. The highest BCUT2D eigenvalue weighted by Gasteiger charge is 2.22. The Bertz CT molecular complexity index is 509. The van der Waals surface area contributed by atoms with Crippen LogP contribution < -0.4 is 9.47 Å². The van der Waals surface area contributed by atoms with Gasteiger partial charge in [-0.2, -0.15) is 0 Å². The summed E-state index contributed by atoms with van der Waals surface area (Å²) in [5.74, 6) is 1.11. The predicted octanol–water partition coefficient (Wildman–Crippen LogP) is 0.536. The van der Waals surface area contributed by atoms with Crippen molar-refractivity contribution in [3.63, 3.8) is 0 Å². The third kappa shape index (κ3) is 3.10. The molecule has 6 heteroatoms. The number of benzene rings is 1. The Morgan fingerprint density at radius 2 is 2.29 bits per heavy atom. The van der Waals surface area contributed by atoms with Crippen LogP contribution in [0.5, 0.6) is 11.5 Å². The van der Waals surface area contributed by atoms with Gasteiger partial charge in [0.05, 0.1) is 5.75 Å². The van der Waals surface area contributed by atoms with E-state index >= 15 is 0 Å². The molecule has 1 aliphatic rings. The summed E-state index contributed by atoms with van der Waals surface area (Å²) in [6.07, 6.45) is 0.577. The first-order valence-corrected chi connectivity index (χ1v) is 7.27. The van der Waals surface area contributed by atoms with Crippen molar-refractivity contribution < 1.29 is 23.0 Å². The second kappa shape index (κ2) is 4.54. The van der Waals surface area contributed by atoms with Crippen molar-refractivity contribution in [2.75, 3.05) is 25.2 Å². The Morgan fingerprint density at radius 1 is 1.53 bits per heavy atom. The number of rotatable bonds is 4. The van der Waals surface area contributed by atoms with E-state index in [4.69, 9.17) is 9.47 Å². The molecule has 0 aliphatic carbocycles. The fraction of sp³-hybridized carbons (Fsp3) is 0.455. The minimum atomic E-state index is -3.01. The van der Waals surface area contributed by atoms with Crippen molar-refractivity contribution in [3.05, 3.63) is 23.8 Å². The van der Waals surface area contributed by atoms with E-state index in [1.807, 2.05) is 0 Å². The Labute approximate surface area is 99.9 Å². The minimum absolute atomic E-state index is 0.0203. The second-order valence-electron chi connectivity index (χ2n) is 4.00. The first-order chi connectivity index (χ1) is 7.96. The average Bonchev–Trinajstić information content (AvgIpc) is 2.58. The first kappa shape index (κ1) is 12.2. The van der Waals surface area contributed by atoms with Crippen LogP contribution in [0, 0.1) is 0 Å². The van der Waals surface area contributed by atoms with Crippen LogP contribution in [0.1, 0.15) is 11.7 Å². The molecular formula is C11H14O5S. The number of fused-ring (bicyclic) bond motifs is 1. The van der Waals surface area contributed by atoms with Crippen LogP contribution in [0.25, 0.3) is 0 Å². The standard InChI is InChI=1S/C11H14O5S/c1-17(13,14)5-4-15-8-2-3-9-10(12)7-16-11(9)6-8/h2-3,6,10,12H,4-5,7H2,1H3. The summed E-state index contributed by atoms with van der Waals surface area (Å²) in [6.45, 7) is 0.363. The quantitative estimate of drug-likeness (QED) is 0.853. The number of hydrogen-bond donors (Lipinski definition) is 1.